The number of nitriles is 1. The third-order valence-electron chi connectivity index (χ3n) is 3.17. The van der Waals surface area contributed by atoms with Gasteiger partial charge in [0.15, 0.2) is 0 Å². The van der Waals surface area contributed by atoms with Gasteiger partial charge in [0.2, 0.25) is 0 Å². The van der Waals surface area contributed by atoms with Gasteiger partial charge in [0.1, 0.15) is 0 Å². The minimum atomic E-state index is -0.451. The molecular weight excluding hydrogens is 312 g/mol. The van der Waals surface area contributed by atoms with E-state index < -0.39 is 5.97 Å². The topological polar surface area (TPSA) is 63.0 Å². The van der Waals surface area contributed by atoms with Gasteiger partial charge in [-0.05, 0) is 24.3 Å². The van der Waals surface area contributed by atoms with E-state index in [1.54, 1.807) is 36.4 Å². The number of carbonyl (C=O) groups excluding carboxylic acids is 1. The van der Waals surface area contributed by atoms with Crippen molar-refractivity contribution in [2.75, 3.05) is 7.11 Å². The molecule has 0 aliphatic carbocycles. The predicted octanol–water partition coefficient (Wildman–Crippen LogP) is 4.32. The van der Waals surface area contributed by atoms with E-state index in [-0.39, 0.29) is 5.57 Å². The molecule has 0 saturated carbocycles. The molecule has 0 aliphatic heterocycles. The summed E-state index contributed by atoms with van der Waals surface area (Å²) in [4.78, 5) is 16.1. The molecule has 2 aromatic rings. The van der Waals surface area contributed by atoms with Crippen molar-refractivity contribution in [1.29, 1.82) is 5.26 Å². The van der Waals surface area contributed by atoms with Crippen molar-refractivity contribution in [2.45, 2.75) is 0 Å². The number of hydrogen-bond acceptors (Lipinski definition) is 4. The van der Waals surface area contributed by atoms with Gasteiger partial charge in [-0.15, -0.1) is 0 Å². The number of aromatic nitrogens is 1. The van der Waals surface area contributed by atoms with Crippen LogP contribution in [0.4, 0.5) is 0 Å². The maximum absolute atomic E-state index is 11.6. The Labute approximate surface area is 139 Å². The number of methoxy groups -OCH3 is 1. The summed E-state index contributed by atoms with van der Waals surface area (Å²) in [6.07, 6.45) is 3.14. The van der Waals surface area contributed by atoms with Crippen molar-refractivity contribution in [3.8, 4) is 6.07 Å². The highest BCUT2D eigenvalue weighted by Crippen LogP contribution is 2.27. The van der Waals surface area contributed by atoms with Crippen LogP contribution < -0.4 is 0 Å². The predicted molar refractivity (Wildman–Crippen MR) is 91.0 cm³/mol. The summed E-state index contributed by atoms with van der Waals surface area (Å²) in [6, 6.07) is 8.57. The maximum Gasteiger partial charge on any atom is 0.337 e. The number of nitrogens with zero attached hydrogens (tertiary/aromatic N) is 2. The van der Waals surface area contributed by atoms with Crippen LogP contribution >= 0.6 is 11.6 Å². The molecule has 0 atom stereocenters. The van der Waals surface area contributed by atoms with Crippen LogP contribution in [0.15, 0.2) is 55.1 Å². The molecule has 0 radical (unpaired) electrons. The third-order valence-corrected chi connectivity index (χ3v) is 3.48. The monoisotopic (exact) mass is 324 g/mol. The van der Waals surface area contributed by atoms with Crippen LogP contribution in [0.25, 0.3) is 16.5 Å². The van der Waals surface area contributed by atoms with E-state index in [2.05, 4.69) is 18.1 Å². The highest BCUT2D eigenvalue weighted by Gasteiger charge is 2.11. The first-order valence-electron chi connectivity index (χ1n) is 6.62. The van der Waals surface area contributed by atoms with Crippen molar-refractivity contribution in [3.63, 3.8) is 0 Å². The Morgan fingerprint density at radius 1 is 1.43 bits per heavy atom. The molecule has 1 aromatic carbocycles. The van der Waals surface area contributed by atoms with Crippen molar-refractivity contribution >= 4 is 34.0 Å². The van der Waals surface area contributed by atoms with Crippen LogP contribution in [0.3, 0.4) is 0 Å². The van der Waals surface area contributed by atoms with E-state index in [4.69, 9.17) is 21.6 Å². The van der Waals surface area contributed by atoms with E-state index in [9.17, 15) is 4.79 Å². The Morgan fingerprint density at radius 2 is 2.17 bits per heavy atom. The lowest BCUT2D eigenvalue weighted by molar-refractivity contribution is 0.0601. The number of benzene rings is 1. The highest BCUT2D eigenvalue weighted by atomic mass is 35.5. The quantitative estimate of drug-likeness (QED) is 0.477. The standard InChI is InChI=1S/C18H13ClN2O2/c1-4-12(7-11(2)10-20)16-9-15(19)14-6-5-13(18(22)23-3)8-17(14)21-16/h4-9H,1-2H2,3H3/b12-7+. The molecule has 0 bridgehead atoms. The van der Waals surface area contributed by atoms with Crippen LogP contribution in [0, 0.1) is 11.3 Å². The van der Waals surface area contributed by atoms with Crippen LogP contribution in [-0.2, 0) is 4.74 Å². The minimum Gasteiger partial charge on any atom is -0.465 e. The molecular formula is C18H13ClN2O2. The normalized spacial score (nSPS) is 10.9. The number of esters is 1. The summed E-state index contributed by atoms with van der Waals surface area (Å²) in [5, 5.41) is 10.0. The van der Waals surface area contributed by atoms with Gasteiger partial charge in [-0.1, -0.05) is 36.9 Å². The fourth-order valence-corrected chi connectivity index (χ4v) is 2.30. The molecule has 2 rings (SSSR count). The molecule has 0 saturated heterocycles. The molecule has 114 valence electrons. The summed E-state index contributed by atoms with van der Waals surface area (Å²) in [7, 11) is 1.31. The SMILES string of the molecule is C=C/C(=C\C(=C)C#N)c1cc(Cl)c2ccc(C(=O)OC)cc2n1. The zero-order chi connectivity index (χ0) is 17.0. The smallest absolute Gasteiger partial charge is 0.337 e. The lowest BCUT2D eigenvalue weighted by Gasteiger charge is -2.07. The second kappa shape index (κ2) is 6.91. The fourth-order valence-electron chi connectivity index (χ4n) is 2.04. The zero-order valence-electron chi connectivity index (χ0n) is 12.5. The summed E-state index contributed by atoms with van der Waals surface area (Å²) in [5.74, 6) is -0.451. The highest BCUT2D eigenvalue weighted by molar-refractivity contribution is 6.35. The number of fused-ring (bicyclic) bond motifs is 1. The van der Waals surface area contributed by atoms with Gasteiger partial charge in [0, 0.05) is 16.5 Å². The molecule has 1 aromatic heterocycles. The molecule has 0 N–H and O–H groups in total. The van der Waals surface area contributed by atoms with Crippen molar-refractivity contribution < 1.29 is 9.53 Å². The number of ether oxygens (including phenoxy) is 1. The van der Waals surface area contributed by atoms with E-state index in [0.29, 0.717) is 32.8 Å². The van der Waals surface area contributed by atoms with E-state index in [1.165, 1.54) is 7.11 Å². The number of hydrogen-bond donors (Lipinski definition) is 0. The van der Waals surface area contributed by atoms with Gasteiger partial charge in [0.25, 0.3) is 0 Å². The van der Waals surface area contributed by atoms with Gasteiger partial charge in [-0.3, -0.25) is 0 Å². The molecule has 0 unspecified atom stereocenters. The van der Waals surface area contributed by atoms with Crippen LogP contribution in [0.5, 0.6) is 0 Å². The van der Waals surface area contributed by atoms with Crippen LogP contribution in [0.2, 0.25) is 5.02 Å². The summed E-state index contributed by atoms with van der Waals surface area (Å²) < 4.78 is 4.71. The molecule has 23 heavy (non-hydrogen) atoms. The first kappa shape index (κ1) is 16.5. The fraction of sp³-hybridized carbons (Fsp3) is 0.0556. The molecule has 0 spiro atoms. The average Bonchev–Trinajstić information content (AvgIpc) is 2.57. The molecule has 5 heteroatoms. The Morgan fingerprint density at radius 3 is 2.78 bits per heavy atom. The van der Waals surface area contributed by atoms with Gasteiger partial charge in [0.05, 0.1) is 35.0 Å². The summed E-state index contributed by atoms with van der Waals surface area (Å²) in [5.41, 5.74) is 2.36. The number of pyridine rings is 1. The lowest BCUT2D eigenvalue weighted by atomic mass is 10.1. The number of allylic oxidation sites excluding steroid dienone is 4. The van der Waals surface area contributed by atoms with E-state index in [0.717, 1.165) is 0 Å². The van der Waals surface area contributed by atoms with Gasteiger partial charge in [-0.25, -0.2) is 9.78 Å². The van der Waals surface area contributed by atoms with Crippen molar-refractivity contribution in [2.24, 2.45) is 0 Å². The second-order valence-corrected chi connectivity index (χ2v) is 5.06. The molecule has 1 heterocycles. The summed E-state index contributed by atoms with van der Waals surface area (Å²) in [6.45, 7) is 7.33. The number of rotatable bonds is 4. The first-order valence-corrected chi connectivity index (χ1v) is 7.00. The number of halogens is 1. The van der Waals surface area contributed by atoms with E-state index in [1.807, 2.05) is 6.07 Å². The average molecular weight is 325 g/mol. The minimum absolute atomic E-state index is 0.279. The third kappa shape index (κ3) is 3.47. The van der Waals surface area contributed by atoms with Crippen molar-refractivity contribution in [3.05, 3.63) is 71.4 Å². The lowest BCUT2D eigenvalue weighted by Crippen LogP contribution is -2.01. The zero-order valence-corrected chi connectivity index (χ0v) is 13.2. The summed E-state index contributed by atoms with van der Waals surface area (Å²) >= 11 is 6.29. The van der Waals surface area contributed by atoms with Gasteiger partial charge >= 0.3 is 5.97 Å². The molecule has 4 nitrogen and oxygen atoms in total. The van der Waals surface area contributed by atoms with Crippen LogP contribution in [0.1, 0.15) is 16.1 Å². The number of carbonyl (C=O) groups is 1. The Kier molecular flexibility index (Phi) is 4.95. The van der Waals surface area contributed by atoms with Crippen molar-refractivity contribution in [1.82, 2.24) is 4.98 Å². The molecule has 0 fully saturated rings. The Balaban J connectivity index is 2.65. The van der Waals surface area contributed by atoms with Gasteiger partial charge in [-0.2, -0.15) is 5.26 Å². The Hall–Kier alpha value is -2.90. The van der Waals surface area contributed by atoms with Gasteiger partial charge < -0.3 is 4.74 Å². The van der Waals surface area contributed by atoms with Crippen LogP contribution in [-0.4, -0.2) is 18.1 Å². The maximum atomic E-state index is 11.6. The molecule has 0 amide bonds. The second-order valence-electron chi connectivity index (χ2n) is 4.65. The largest absolute Gasteiger partial charge is 0.465 e. The first-order chi connectivity index (χ1) is 11.0. The molecule has 0 aliphatic rings. The Bertz CT molecular complexity index is 892. The van der Waals surface area contributed by atoms with E-state index >= 15 is 0 Å².